The fraction of sp³-hybridized carbons (Fsp3) is 0.190. The highest BCUT2D eigenvalue weighted by atomic mass is 32.2. The smallest absolute Gasteiger partial charge is 0.252 e. The molecule has 0 aliphatic rings. The number of pyridine rings is 1. The van der Waals surface area contributed by atoms with Crippen molar-refractivity contribution in [1.82, 2.24) is 25.1 Å². The molecule has 0 amide bonds. The lowest BCUT2D eigenvalue weighted by Crippen LogP contribution is -2.08. The standard InChI is InChI=1S/C21H19N5O4S/c1-3-29-16-5-4-14(10-17(16)28-2)20-25-19(30-26-20)12-31-21-23-15(11-18(27)24-21)13-6-8-22-9-7-13/h4-11H,3,12H2,1-2H3,(H,23,24,27). The molecular weight excluding hydrogens is 418 g/mol. The molecule has 0 atom stereocenters. The van der Waals surface area contributed by atoms with E-state index in [1.54, 1.807) is 37.7 Å². The molecule has 0 bridgehead atoms. The van der Waals surface area contributed by atoms with Gasteiger partial charge in [-0.2, -0.15) is 4.98 Å². The molecule has 0 radical (unpaired) electrons. The highest BCUT2D eigenvalue weighted by molar-refractivity contribution is 7.98. The van der Waals surface area contributed by atoms with Crippen molar-refractivity contribution in [2.45, 2.75) is 17.8 Å². The Kier molecular flexibility index (Phi) is 6.27. The molecule has 158 valence electrons. The first-order valence-corrected chi connectivity index (χ1v) is 10.4. The van der Waals surface area contributed by atoms with Gasteiger partial charge in [0.1, 0.15) is 0 Å². The van der Waals surface area contributed by atoms with E-state index in [1.165, 1.54) is 17.8 Å². The van der Waals surface area contributed by atoms with Gasteiger partial charge in [0.2, 0.25) is 11.7 Å². The first-order chi connectivity index (χ1) is 15.2. The predicted octanol–water partition coefficient (Wildman–Crippen LogP) is 3.58. The summed E-state index contributed by atoms with van der Waals surface area (Å²) in [4.78, 5) is 27.6. The molecule has 0 saturated heterocycles. The molecule has 4 rings (SSSR count). The molecule has 31 heavy (non-hydrogen) atoms. The molecule has 0 aliphatic carbocycles. The van der Waals surface area contributed by atoms with Gasteiger partial charge >= 0.3 is 0 Å². The van der Waals surface area contributed by atoms with Crippen LogP contribution in [0.15, 0.2) is 63.3 Å². The summed E-state index contributed by atoms with van der Waals surface area (Å²) in [6, 6.07) is 10.5. The zero-order chi connectivity index (χ0) is 21.6. The minimum Gasteiger partial charge on any atom is -0.493 e. The van der Waals surface area contributed by atoms with Crippen LogP contribution < -0.4 is 15.0 Å². The SMILES string of the molecule is CCOc1ccc(-c2noc(CSc3nc(-c4ccncc4)cc(=O)[nH]3)n2)cc1OC. The van der Waals surface area contributed by atoms with Crippen molar-refractivity contribution in [2.24, 2.45) is 0 Å². The van der Waals surface area contributed by atoms with Gasteiger partial charge < -0.3 is 19.0 Å². The first-order valence-electron chi connectivity index (χ1n) is 9.44. The lowest BCUT2D eigenvalue weighted by Gasteiger charge is -2.09. The van der Waals surface area contributed by atoms with E-state index in [0.29, 0.717) is 46.4 Å². The van der Waals surface area contributed by atoms with E-state index in [0.717, 1.165) is 11.1 Å². The Labute approximate surface area is 181 Å². The van der Waals surface area contributed by atoms with Gasteiger partial charge in [-0.1, -0.05) is 16.9 Å². The second-order valence-corrected chi connectivity index (χ2v) is 7.23. The maximum Gasteiger partial charge on any atom is 0.252 e. The number of hydrogen-bond acceptors (Lipinski definition) is 9. The van der Waals surface area contributed by atoms with Crippen molar-refractivity contribution in [1.29, 1.82) is 0 Å². The Morgan fingerprint density at radius 2 is 1.90 bits per heavy atom. The van der Waals surface area contributed by atoms with Crippen LogP contribution in [0.2, 0.25) is 0 Å². The molecule has 0 spiro atoms. The van der Waals surface area contributed by atoms with Gasteiger partial charge in [0.15, 0.2) is 16.7 Å². The van der Waals surface area contributed by atoms with Crippen LogP contribution in [-0.4, -0.2) is 38.8 Å². The summed E-state index contributed by atoms with van der Waals surface area (Å²) < 4.78 is 16.3. The second kappa shape index (κ2) is 9.43. The van der Waals surface area contributed by atoms with Crippen LogP contribution in [0.5, 0.6) is 11.5 Å². The van der Waals surface area contributed by atoms with Crippen molar-refractivity contribution < 1.29 is 14.0 Å². The molecule has 1 aromatic carbocycles. The molecule has 9 nitrogen and oxygen atoms in total. The molecular formula is C21H19N5O4S. The summed E-state index contributed by atoms with van der Waals surface area (Å²) in [5.74, 6) is 2.44. The molecule has 3 heterocycles. The Morgan fingerprint density at radius 3 is 2.68 bits per heavy atom. The van der Waals surface area contributed by atoms with Crippen molar-refractivity contribution in [3.63, 3.8) is 0 Å². The third-order valence-corrected chi connectivity index (χ3v) is 5.08. The predicted molar refractivity (Wildman–Crippen MR) is 115 cm³/mol. The van der Waals surface area contributed by atoms with Crippen molar-refractivity contribution in [3.8, 4) is 34.1 Å². The maximum absolute atomic E-state index is 12.0. The highest BCUT2D eigenvalue weighted by Crippen LogP contribution is 2.32. The third kappa shape index (κ3) is 4.92. The van der Waals surface area contributed by atoms with Crippen LogP contribution >= 0.6 is 11.8 Å². The molecule has 0 unspecified atom stereocenters. The maximum atomic E-state index is 12.0. The molecule has 0 fully saturated rings. The van der Waals surface area contributed by atoms with Crippen LogP contribution in [0.3, 0.4) is 0 Å². The number of hydrogen-bond donors (Lipinski definition) is 1. The van der Waals surface area contributed by atoms with Gasteiger partial charge in [-0.3, -0.25) is 9.78 Å². The number of nitrogens with zero attached hydrogens (tertiary/aromatic N) is 4. The Balaban J connectivity index is 1.49. The van der Waals surface area contributed by atoms with Crippen molar-refractivity contribution in [3.05, 3.63) is 65.0 Å². The summed E-state index contributed by atoms with van der Waals surface area (Å²) in [5.41, 5.74) is 1.89. The number of benzene rings is 1. The lowest BCUT2D eigenvalue weighted by atomic mass is 10.2. The van der Waals surface area contributed by atoms with Gasteiger partial charge in [0, 0.05) is 29.6 Å². The number of nitrogens with one attached hydrogen (secondary N) is 1. The number of aromatic nitrogens is 5. The minimum absolute atomic E-state index is 0.239. The van der Waals surface area contributed by atoms with Gasteiger partial charge in [0.05, 0.1) is 25.2 Å². The van der Waals surface area contributed by atoms with E-state index in [2.05, 4.69) is 25.1 Å². The first kappa shape index (κ1) is 20.6. The third-order valence-electron chi connectivity index (χ3n) is 4.22. The number of thioether (sulfide) groups is 1. The molecule has 4 aromatic rings. The summed E-state index contributed by atoms with van der Waals surface area (Å²) in [7, 11) is 1.58. The Morgan fingerprint density at radius 1 is 1.06 bits per heavy atom. The monoisotopic (exact) mass is 437 g/mol. The van der Waals surface area contributed by atoms with E-state index < -0.39 is 0 Å². The average Bonchev–Trinajstić information content (AvgIpc) is 3.27. The molecule has 0 aliphatic heterocycles. The Hall–Kier alpha value is -3.66. The number of aromatic amines is 1. The quantitative estimate of drug-likeness (QED) is 0.326. The van der Waals surface area contributed by atoms with E-state index in [1.807, 2.05) is 19.1 Å². The van der Waals surface area contributed by atoms with Crippen LogP contribution in [0.4, 0.5) is 0 Å². The molecule has 10 heteroatoms. The minimum atomic E-state index is -0.239. The van der Waals surface area contributed by atoms with Gasteiger partial charge in [-0.15, -0.1) is 0 Å². The molecule has 0 saturated carbocycles. The molecule has 3 aromatic heterocycles. The van der Waals surface area contributed by atoms with Crippen LogP contribution in [0.25, 0.3) is 22.6 Å². The number of methoxy groups -OCH3 is 1. The molecule has 1 N–H and O–H groups in total. The van der Waals surface area contributed by atoms with Crippen LogP contribution in [0, 0.1) is 0 Å². The average molecular weight is 437 g/mol. The fourth-order valence-electron chi connectivity index (χ4n) is 2.82. The van der Waals surface area contributed by atoms with E-state index in [-0.39, 0.29) is 5.56 Å². The summed E-state index contributed by atoms with van der Waals surface area (Å²) in [5, 5.41) is 4.50. The summed E-state index contributed by atoms with van der Waals surface area (Å²) in [6.45, 7) is 2.45. The van der Waals surface area contributed by atoms with Crippen LogP contribution in [0.1, 0.15) is 12.8 Å². The number of rotatable bonds is 8. The van der Waals surface area contributed by atoms with Gasteiger partial charge in [0.25, 0.3) is 5.56 Å². The summed E-state index contributed by atoms with van der Waals surface area (Å²) >= 11 is 1.30. The van der Waals surface area contributed by atoms with Gasteiger partial charge in [-0.25, -0.2) is 4.98 Å². The topological polar surface area (TPSA) is 116 Å². The van der Waals surface area contributed by atoms with E-state index >= 15 is 0 Å². The normalized spacial score (nSPS) is 10.8. The van der Waals surface area contributed by atoms with Crippen molar-refractivity contribution >= 4 is 11.8 Å². The van der Waals surface area contributed by atoms with Crippen molar-refractivity contribution in [2.75, 3.05) is 13.7 Å². The summed E-state index contributed by atoms with van der Waals surface area (Å²) in [6.07, 6.45) is 3.31. The number of H-pyrrole nitrogens is 1. The fourth-order valence-corrected chi connectivity index (χ4v) is 3.53. The zero-order valence-electron chi connectivity index (χ0n) is 16.9. The lowest BCUT2D eigenvalue weighted by molar-refractivity contribution is 0.311. The number of ether oxygens (including phenoxy) is 2. The van der Waals surface area contributed by atoms with Crippen LogP contribution in [-0.2, 0) is 5.75 Å². The van der Waals surface area contributed by atoms with E-state index in [9.17, 15) is 4.79 Å². The van der Waals surface area contributed by atoms with E-state index in [4.69, 9.17) is 14.0 Å². The second-order valence-electron chi connectivity index (χ2n) is 6.27. The largest absolute Gasteiger partial charge is 0.493 e. The highest BCUT2D eigenvalue weighted by Gasteiger charge is 2.13. The zero-order valence-corrected chi connectivity index (χ0v) is 17.7. The van der Waals surface area contributed by atoms with Gasteiger partial charge in [-0.05, 0) is 37.3 Å². The Bertz CT molecular complexity index is 1230.